The van der Waals surface area contributed by atoms with Crippen molar-refractivity contribution in [2.45, 2.75) is 5.41 Å². The molecule has 234 valence electrons. The van der Waals surface area contributed by atoms with E-state index in [0.717, 1.165) is 56.3 Å². The van der Waals surface area contributed by atoms with Gasteiger partial charge in [-0.1, -0.05) is 158 Å². The third-order valence-electron chi connectivity index (χ3n) is 10.3. The van der Waals surface area contributed by atoms with E-state index >= 15 is 0 Å². The van der Waals surface area contributed by atoms with Crippen LogP contribution in [0.15, 0.2) is 188 Å². The monoisotopic (exact) mass is 637 g/mol. The zero-order valence-corrected chi connectivity index (χ0v) is 27.3. The third kappa shape index (κ3) is 4.25. The average Bonchev–Trinajstić information content (AvgIpc) is 3.49. The average molecular weight is 638 g/mol. The molecule has 10 rings (SSSR count). The minimum atomic E-state index is -0.530. The Morgan fingerprint density at radius 2 is 0.840 bits per heavy atom. The third-order valence-corrected chi connectivity index (χ3v) is 10.3. The topological polar surface area (TPSA) is 22.1 Å². The molecule has 0 saturated heterocycles. The maximum Gasteiger partial charge on any atom is 0.132 e. The SMILES string of the molecule is c1ccc(-c2cccc(-c3cc(-c4ccccc4)cc(-c4cccc5c4-c4ccccc4C54c5ccccc5Oc5ccccc54)n3)c2)cc1. The quantitative estimate of drug-likeness (QED) is 0.192. The molecule has 2 heteroatoms. The summed E-state index contributed by atoms with van der Waals surface area (Å²) in [4.78, 5) is 5.48. The smallest absolute Gasteiger partial charge is 0.132 e. The van der Waals surface area contributed by atoms with Gasteiger partial charge in [0.05, 0.1) is 16.8 Å². The highest BCUT2D eigenvalue weighted by Gasteiger charge is 2.51. The highest BCUT2D eigenvalue weighted by Crippen LogP contribution is 2.63. The normalized spacial score (nSPS) is 13.1. The van der Waals surface area contributed by atoms with Gasteiger partial charge in [0.25, 0.3) is 0 Å². The van der Waals surface area contributed by atoms with Crippen LogP contribution in [-0.4, -0.2) is 4.98 Å². The molecule has 2 aliphatic rings. The molecule has 0 unspecified atom stereocenters. The Labute approximate surface area is 292 Å². The Bertz CT molecular complexity index is 2520. The van der Waals surface area contributed by atoms with E-state index < -0.39 is 5.41 Å². The highest BCUT2D eigenvalue weighted by atomic mass is 16.5. The molecule has 0 amide bonds. The summed E-state index contributed by atoms with van der Waals surface area (Å²) in [6.07, 6.45) is 0. The zero-order chi connectivity index (χ0) is 33.1. The fourth-order valence-corrected chi connectivity index (χ4v) is 8.22. The molecule has 8 aromatic rings. The van der Waals surface area contributed by atoms with E-state index in [0.29, 0.717) is 0 Å². The molecule has 0 N–H and O–H groups in total. The van der Waals surface area contributed by atoms with E-state index in [-0.39, 0.29) is 0 Å². The second kappa shape index (κ2) is 11.3. The molecule has 1 spiro atoms. The lowest BCUT2D eigenvalue weighted by Gasteiger charge is -2.39. The minimum Gasteiger partial charge on any atom is -0.457 e. The van der Waals surface area contributed by atoms with Crippen LogP contribution in [0.3, 0.4) is 0 Å². The lowest BCUT2D eigenvalue weighted by molar-refractivity contribution is 0.436. The molecule has 1 aliphatic heterocycles. The maximum absolute atomic E-state index is 6.57. The molecule has 50 heavy (non-hydrogen) atoms. The number of ether oxygens (including phenoxy) is 1. The zero-order valence-electron chi connectivity index (χ0n) is 27.3. The molecular weight excluding hydrogens is 607 g/mol. The first kappa shape index (κ1) is 28.5. The standard InChI is InChI=1S/C48H31NO/c1-3-15-32(16-4-1)34-19-13-20-35(29-34)43-30-36(33-17-5-2-6-18-33)31-44(49-43)38-22-14-26-42-47(38)37-21-7-8-23-39(37)48(42)40-24-9-11-27-45(40)50-46-28-12-10-25-41(46)48/h1-31H. The summed E-state index contributed by atoms with van der Waals surface area (Å²) in [5.74, 6) is 1.79. The number of benzene rings is 7. The highest BCUT2D eigenvalue weighted by molar-refractivity contribution is 5.96. The van der Waals surface area contributed by atoms with Crippen LogP contribution >= 0.6 is 0 Å². The van der Waals surface area contributed by atoms with Gasteiger partial charge >= 0.3 is 0 Å². The summed E-state index contributed by atoms with van der Waals surface area (Å²) in [5, 5.41) is 0. The molecule has 1 aliphatic carbocycles. The first-order valence-corrected chi connectivity index (χ1v) is 17.1. The Balaban J connectivity index is 1.25. The van der Waals surface area contributed by atoms with Crippen LogP contribution in [0.25, 0.3) is 55.9 Å². The van der Waals surface area contributed by atoms with Crippen molar-refractivity contribution in [2.24, 2.45) is 0 Å². The number of para-hydroxylation sites is 2. The van der Waals surface area contributed by atoms with Crippen molar-refractivity contribution < 1.29 is 4.74 Å². The summed E-state index contributed by atoms with van der Waals surface area (Å²) in [5.41, 5.74) is 15.5. The Morgan fingerprint density at radius 3 is 1.56 bits per heavy atom. The molecule has 0 saturated carbocycles. The largest absolute Gasteiger partial charge is 0.457 e. The number of aromatic nitrogens is 1. The Kier molecular flexibility index (Phi) is 6.43. The minimum absolute atomic E-state index is 0.530. The van der Waals surface area contributed by atoms with Crippen LogP contribution < -0.4 is 4.74 Å². The van der Waals surface area contributed by atoms with Crippen molar-refractivity contribution in [1.82, 2.24) is 4.98 Å². The Hall–Kier alpha value is -6.51. The number of hydrogen-bond donors (Lipinski definition) is 0. The molecule has 0 radical (unpaired) electrons. The van der Waals surface area contributed by atoms with Gasteiger partial charge < -0.3 is 4.74 Å². The van der Waals surface area contributed by atoms with Gasteiger partial charge in [0, 0.05) is 22.3 Å². The number of rotatable bonds is 4. The van der Waals surface area contributed by atoms with Crippen LogP contribution in [0.1, 0.15) is 22.3 Å². The fourth-order valence-electron chi connectivity index (χ4n) is 8.22. The number of pyridine rings is 1. The molecule has 2 nitrogen and oxygen atoms in total. The molecular formula is C48H31NO. The first-order chi connectivity index (χ1) is 24.8. The van der Waals surface area contributed by atoms with Crippen LogP contribution in [0.5, 0.6) is 11.5 Å². The van der Waals surface area contributed by atoms with Crippen LogP contribution in [0.2, 0.25) is 0 Å². The second-order valence-electron chi connectivity index (χ2n) is 13.1. The number of fused-ring (bicyclic) bond motifs is 9. The summed E-state index contributed by atoms with van der Waals surface area (Å²) in [7, 11) is 0. The van der Waals surface area contributed by atoms with Gasteiger partial charge in [-0.05, 0) is 74.8 Å². The van der Waals surface area contributed by atoms with Gasteiger partial charge in [-0.3, -0.25) is 0 Å². The van der Waals surface area contributed by atoms with E-state index in [1.54, 1.807) is 0 Å². The van der Waals surface area contributed by atoms with Crippen molar-refractivity contribution in [3.8, 4) is 67.4 Å². The van der Waals surface area contributed by atoms with E-state index in [1.165, 1.54) is 33.4 Å². The molecule has 0 fully saturated rings. The maximum atomic E-state index is 6.57. The van der Waals surface area contributed by atoms with E-state index in [9.17, 15) is 0 Å². The van der Waals surface area contributed by atoms with Crippen molar-refractivity contribution >= 4 is 0 Å². The van der Waals surface area contributed by atoms with E-state index in [2.05, 4.69) is 188 Å². The fraction of sp³-hybridized carbons (Fsp3) is 0.0208. The van der Waals surface area contributed by atoms with E-state index in [1.807, 2.05) is 0 Å². The van der Waals surface area contributed by atoms with Crippen LogP contribution in [-0.2, 0) is 5.41 Å². The number of nitrogens with zero attached hydrogens (tertiary/aromatic N) is 1. The van der Waals surface area contributed by atoms with Crippen molar-refractivity contribution in [3.63, 3.8) is 0 Å². The van der Waals surface area contributed by atoms with Gasteiger partial charge in [-0.15, -0.1) is 0 Å². The number of hydrogen-bond acceptors (Lipinski definition) is 2. The van der Waals surface area contributed by atoms with Gasteiger partial charge in [-0.2, -0.15) is 0 Å². The molecule has 1 aromatic heterocycles. The molecule has 0 bridgehead atoms. The summed E-state index contributed by atoms with van der Waals surface area (Å²) >= 11 is 0. The molecule has 7 aromatic carbocycles. The van der Waals surface area contributed by atoms with Crippen LogP contribution in [0.4, 0.5) is 0 Å². The summed E-state index contributed by atoms with van der Waals surface area (Å²) in [6, 6.07) is 67.1. The predicted octanol–water partition coefficient (Wildman–Crippen LogP) is 12.2. The van der Waals surface area contributed by atoms with Crippen molar-refractivity contribution in [2.75, 3.05) is 0 Å². The predicted molar refractivity (Wildman–Crippen MR) is 203 cm³/mol. The second-order valence-corrected chi connectivity index (χ2v) is 13.1. The van der Waals surface area contributed by atoms with Crippen molar-refractivity contribution in [3.05, 3.63) is 210 Å². The first-order valence-electron chi connectivity index (χ1n) is 17.1. The van der Waals surface area contributed by atoms with E-state index in [4.69, 9.17) is 9.72 Å². The molecule has 2 heterocycles. The molecule has 0 atom stereocenters. The van der Waals surface area contributed by atoms with Crippen molar-refractivity contribution in [1.29, 1.82) is 0 Å². The van der Waals surface area contributed by atoms with Crippen LogP contribution in [0, 0.1) is 0 Å². The lowest BCUT2D eigenvalue weighted by atomic mass is 9.66. The van der Waals surface area contributed by atoms with Gasteiger partial charge in [0.15, 0.2) is 0 Å². The van der Waals surface area contributed by atoms with Gasteiger partial charge in [-0.25, -0.2) is 4.98 Å². The van der Waals surface area contributed by atoms with Gasteiger partial charge in [0.1, 0.15) is 11.5 Å². The summed E-state index contributed by atoms with van der Waals surface area (Å²) < 4.78 is 6.57. The lowest BCUT2D eigenvalue weighted by Crippen LogP contribution is -2.32. The summed E-state index contributed by atoms with van der Waals surface area (Å²) in [6.45, 7) is 0. The van der Waals surface area contributed by atoms with Gasteiger partial charge in [0.2, 0.25) is 0 Å². The Morgan fingerprint density at radius 1 is 0.340 bits per heavy atom.